The normalized spacial score (nSPS) is 14.9. The molecule has 168 valence electrons. The molecule has 3 aromatic rings. The number of alkyl halides is 2. The first-order valence-corrected chi connectivity index (χ1v) is 10.6. The van der Waals surface area contributed by atoms with Crippen molar-refractivity contribution < 1.29 is 23.4 Å². The zero-order valence-corrected chi connectivity index (χ0v) is 18.0. The molecule has 0 radical (unpaired) electrons. The maximum Gasteiger partial charge on any atom is 0.387 e. The van der Waals surface area contributed by atoms with Crippen LogP contribution < -0.4 is 9.47 Å². The van der Waals surface area contributed by atoms with E-state index in [-0.39, 0.29) is 17.8 Å². The van der Waals surface area contributed by atoms with Crippen LogP contribution in [0.5, 0.6) is 11.5 Å². The highest BCUT2D eigenvalue weighted by Crippen LogP contribution is 2.39. The third-order valence-electron chi connectivity index (χ3n) is 5.38. The second kappa shape index (κ2) is 9.20. The van der Waals surface area contributed by atoms with E-state index < -0.39 is 12.2 Å². The van der Waals surface area contributed by atoms with Gasteiger partial charge in [0.15, 0.2) is 11.5 Å². The van der Waals surface area contributed by atoms with Crippen LogP contribution in [0.25, 0.3) is 0 Å². The van der Waals surface area contributed by atoms with Crippen LogP contribution >= 0.6 is 0 Å². The van der Waals surface area contributed by atoms with E-state index >= 15 is 0 Å². The molecule has 4 rings (SSSR count). The van der Waals surface area contributed by atoms with Gasteiger partial charge in [0.25, 0.3) is 0 Å². The molecule has 1 fully saturated rings. The number of hydrogen-bond donors (Lipinski definition) is 1. The first kappa shape index (κ1) is 22.1. The van der Waals surface area contributed by atoms with Crippen LogP contribution in [0, 0.1) is 0 Å². The summed E-state index contributed by atoms with van der Waals surface area (Å²) in [4.78, 5) is 8.66. The van der Waals surface area contributed by atoms with Crippen molar-refractivity contribution in [1.82, 2.24) is 9.97 Å². The van der Waals surface area contributed by atoms with Crippen molar-refractivity contribution in [3.8, 4) is 11.5 Å². The predicted octanol–water partition coefficient (Wildman–Crippen LogP) is 5.22. The molecule has 2 aromatic heterocycles. The van der Waals surface area contributed by atoms with Gasteiger partial charge in [-0.2, -0.15) is 8.78 Å². The Kier molecular flexibility index (Phi) is 6.37. The van der Waals surface area contributed by atoms with Gasteiger partial charge in [-0.05, 0) is 74.1 Å². The number of hydrogen-bond acceptors (Lipinski definition) is 5. The van der Waals surface area contributed by atoms with Crippen LogP contribution in [0.1, 0.15) is 55.0 Å². The summed E-state index contributed by atoms with van der Waals surface area (Å²) in [7, 11) is 0. The third kappa shape index (κ3) is 5.59. The molecule has 1 saturated carbocycles. The van der Waals surface area contributed by atoms with Gasteiger partial charge >= 0.3 is 6.61 Å². The molecule has 32 heavy (non-hydrogen) atoms. The minimum absolute atomic E-state index is 0.0336. The van der Waals surface area contributed by atoms with Crippen molar-refractivity contribution in [3.63, 3.8) is 0 Å². The van der Waals surface area contributed by atoms with Crippen molar-refractivity contribution in [1.29, 1.82) is 0 Å². The molecule has 1 aromatic carbocycles. The number of pyridine rings is 2. The van der Waals surface area contributed by atoms with Gasteiger partial charge in [0.2, 0.25) is 0 Å². The first-order chi connectivity index (χ1) is 15.3. The molecule has 0 aliphatic heterocycles. The summed E-state index contributed by atoms with van der Waals surface area (Å²) in [6, 6.07) is 12.7. The zero-order valence-electron chi connectivity index (χ0n) is 18.0. The van der Waals surface area contributed by atoms with Gasteiger partial charge in [-0.15, -0.1) is 0 Å². The maximum absolute atomic E-state index is 12.9. The highest BCUT2D eigenvalue weighted by molar-refractivity contribution is 5.47. The monoisotopic (exact) mass is 440 g/mol. The summed E-state index contributed by atoms with van der Waals surface area (Å²) in [6.07, 6.45) is 7.75. The van der Waals surface area contributed by atoms with Gasteiger partial charge in [-0.3, -0.25) is 9.97 Å². The highest BCUT2D eigenvalue weighted by atomic mass is 19.3. The average molecular weight is 440 g/mol. The zero-order chi connectivity index (χ0) is 22.7. The molecule has 0 bridgehead atoms. The molecule has 1 aliphatic carbocycles. The summed E-state index contributed by atoms with van der Waals surface area (Å²) in [6.45, 7) is 0.448. The number of rotatable bonds is 9. The van der Waals surface area contributed by atoms with Crippen LogP contribution in [-0.4, -0.2) is 27.8 Å². The van der Waals surface area contributed by atoms with Gasteiger partial charge in [0.1, 0.15) is 5.60 Å². The fourth-order valence-electron chi connectivity index (χ4n) is 3.55. The fourth-order valence-corrected chi connectivity index (χ4v) is 3.55. The molecule has 0 saturated heterocycles. The Balaban J connectivity index is 1.72. The van der Waals surface area contributed by atoms with Crippen LogP contribution in [0.2, 0.25) is 0 Å². The lowest BCUT2D eigenvalue weighted by Gasteiger charge is -2.22. The molecule has 1 N–H and O–H groups in total. The molecular weight excluding hydrogens is 414 g/mol. The van der Waals surface area contributed by atoms with Crippen molar-refractivity contribution in [2.75, 3.05) is 0 Å². The van der Waals surface area contributed by atoms with E-state index in [1.54, 1.807) is 38.4 Å². The van der Waals surface area contributed by atoms with Crippen LogP contribution in [0.15, 0.2) is 61.1 Å². The Morgan fingerprint density at radius 1 is 1.06 bits per heavy atom. The largest absolute Gasteiger partial charge is 0.487 e. The first-order valence-electron chi connectivity index (χ1n) is 10.6. The molecule has 2 heterocycles. The number of ether oxygens (including phenoxy) is 2. The van der Waals surface area contributed by atoms with E-state index in [4.69, 9.17) is 4.74 Å². The Labute approximate surface area is 186 Å². The molecule has 0 unspecified atom stereocenters. The number of aromatic nitrogens is 2. The molecule has 1 aliphatic rings. The smallest absolute Gasteiger partial charge is 0.387 e. The van der Waals surface area contributed by atoms with E-state index in [0.717, 1.165) is 29.5 Å². The lowest BCUT2D eigenvalue weighted by Crippen LogP contribution is -2.18. The SMILES string of the molecule is CC(C)(O)c1ccc([C@@H](Cc2cccnc2)c2ccc(OC(F)F)c(OC3CC3)c2)cn1. The molecule has 0 spiro atoms. The van der Waals surface area contributed by atoms with Crippen molar-refractivity contribution in [2.45, 2.75) is 57.3 Å². The lowest BCUT2D eigenvalue weighted by atomic mass is 9.86. The summed E-state index contributed by atoms with van der Waals surface area (Å²) in [5.41, 5.74) is 2.38. The minimum atomic E-state index is -2.92. The number of benzene rings is 1. The Morgan fingerprint density at radius 2 is 1.84 bits per heavy atom. The van der Waals surface area contributed by atoms with Gasteiger partial charge < -0.3 is 14.6 Å². The minimum Gasteiger partial charge on any atom is -0.487 e. The van der Waals surface area contributed by atoms with E-state index in [0.29, 0.717) is 17.9 Å². The van der Waals surface area contributed by atoms with Gasteiger partial charge in [0.05, 0.1) is 11.8 Å². The van der Waals surface area contributed by atoms with Crippen molar-refractivity contribution in [3.05, 3.63) is 83.4 Å². The summed E-state index contributed by atoms with van der Waals surface area (Å²) in [5, 5.41) is 10.2. The average Bonchev–Trinajstić information content (AvgIpc) is 3.57. The summed E-state index contributed by atoms with van der Waals surface area (Å²) in [5.74, 6) is 0.235. The Morgan fingerprint density at radius 3 is 2.44 bits per heavy atom. The van der Waals surface area contributed by atoms with Crippen LogP contribution in [0.3, 0.4) is 0 Å². The molecule has 0 amide bonds. The van der Waals surface area contributed by atoms with Crippen molar-refractivity contribution >= 4 is 0 Å². The molecule has 5 nitrogen and oxygen atoms in total. The lowest BCUT2D eigenvalue weighted by molar-refractivity contribution is -0.0516. The van der Waals surface area contributed by atoms with Crippen molar-refractivity contribution in [2.24, 2.45) is 0 Å². The van der Waals surface area contributed by atoms with E-state index in [2.05, 4.69) is 14.7 Å². The molecule has 1 atom stereocenters. The summed E-state index contributed by atoms with van der Waals surface area (Å²) >= 11 is 0. The third-order valence-corrected chi connectivity index (χ3v) is 5.38. The topological polar surface area (TPSA) is 64.5 Å². The fraction of sp³-hybridized carbons (Fsp3) is 0.360. The van der Waals surface area contributed by atoms with Gasteiger partial charge in [0, 0.05) is 24.5 Å². The van der Waals surface area contributed by atoms with Crippen LogP contribution in [-0.2, 0) is 12.0 Å². The van der Waals surface area contributed by atoms with E-state index in [1.165, 1.54) is 6.07 Å². The maximum atomic E-state index is 12.9. The second-order valence-electron chi connectivity index (χ2n) is 8.56. The Hall–Kier alpha value is -3.06. The number of halogens is 2. The molecular formula is C25H26F2N2O3. The van der Waals surface area contributed by atoms with Crippen LogP contribution in [0.4, 0.5) is 8.78 Å². The van der Waals surface area contributed by atoms with Gasteiger partial charge in [-0.25, -0.2) is 0 Å². The van der Waals surface area contributed by atoms with E-state index in [9.17, 15) is 13.9 Å². The number of aliphatic hydroxyl groups is 1. The summed E-state index contributed by atoms with van der Waals surface area (Å²) < 4.78 is 36.3. The molecule has 7 heteroatoms. The van der Waals surface area contributed by atoms with Gasteiger partial charge in [-0.1, -0.05) is 18.2 Å². The Bertz CT molecular complexity index is 1030. The quantitative estimate of drug-likeness (QED) is 0.494. The predicted molar refractivity (Wildman–Crippen MR) is 116 cm³/mol. The standard InChI is InChI=1S/C25H26F2N2O3/c1-25(2,30)23-10-6-18(15-29-23)20(12-16-4-3-11-28-14-16)17-5-9-21(32-24(26)27)22(13-17)31-19-7-8-19/h3-6,9-11,13-15,19-20,24,30H,7-8,12H2,1-2H3/t20-/m0/s1. The second-order valence-corrected chi connectivity index (χ2v) is 8.56. The highest BCUT2D eigenvalue weighted by Gasteiger charge is 2.27. The van der Waals surface area contributed by atoms with E-state index in [1.807, 2.05) is 30.5 Å². The number of nitrogens with zero attached hydrogens (tertiary/aromatic N) is 2.